The summed E-state index contributed by atoms with van der Waals surface area (Å²) in [5, 5.41) is 7.96. The quantitative estimate of drug-likeness (QED) is 0.544. The lowest BCUT2D eigenvalue weighted by atomic mass is 10.9. The van der Waals surface area contributed by atoms with Crippen LogP contribution in [0, 0.1) is 4.11 Å². The van der Waals surface area contributed by atoms with Crippen molar-refractivity contribution in [3.8, 4) is 0 Å². The number of halogens is 1. The van der Waals surface area contributed by atoms with Gasteiger partial charge in [0.2, 0.25) is 0 Å². The van der Waals surface area contributed by atoms with Crippen LogP contribution in [0.5, 0.6) is 0 Å². The Balaban J connectivity index is 2.32. The van der Waals surface area contributed by atoms with Gasteiger partial charge >= 0.3 is 0 Å². The van der Waals surface area contributed by atoms with Crippen molar-refractivity contribution in [2.45, 2.75) is 6.92 Å². The molecule has 0 spiro atoms. The normalized spacial score (nSPS) is 9.00. The Hall–Kier alpha value is 0.690. The van der Waals surface area contributed by atoms with Crippen LogP contribution >= 0.6 is 22.6 Å². The predicted octanol–water partition coefficient (Wildman–Crippen LogP) is 1.30. The maximum atomic E-state index is 7.96. The van der Waals surface area contributed by atoms with E-state index in [1.807, 2.05) is 22.6 Å². The Morgan fingerprint density at radius 1 is 2.00 bits per heavy atom. The lowest BCUT2D eigenvalue weighted by Gasteiger charge is -1.75. The van der Waals surface area contributed by atoms with Crippen LogP contribution in [0.4, 0.5) is 0 Å². The molecule has 0 aliphatic heterocycles. The zero-order chi connectivity index (χ0) is 3.58. The molecule has 1 nitrogen and oxygen atoms in total. The highest BCUT2D eigenvalue weighted by Crippen LogP contribution is 1.98. The van der Waals surface area contributed by atoms with E-state index >= 15 is 0 Å². The molecule has 0 aromatic heterocycles. The monoisotopic (exact) mass is 171 g/mol. The lowest BCUT2D eigenvalue weighted by Crippen LogP contribution is -1.63. The van der Waals surface area contributed by atoms with Crippen LogP contribution in [0.1, 0.15) is 6.92 Å². The summed E-state index contributed by atoms with van der Waals surface area (Å²) in [7, 11) is 0. The number of rotatable bonds is 0. The summed E-state index contributed by atoms with van der Waals surface area (Å²) in [5.74, 6) is 0. The molecule has 0 aromatic rings. The highest BCUT2D eigenvalue weighted by atomic mass is 127. The molecule has 0 aliphatic rings. The van der Waals surface area contributed by atoms with Crippen molar-refractivity contribution in [3.05, 3.63) is 4.11 Å². The second-order valence-corrected chi connectivity index (χ2v) is 2.06. The standard InChI is InChI=1S/C2H4IO/c1-2(3)4/h4H,1H3. The molecule has 25 valence electrons. The molecule has 1 radical (unpaired) electrons. The molecule has 0 rings (SSSR count). The highest BCUT2D eigenvalue weighted by Gasteiger charge is 1.75. The molecular formula is C2H4IO. The van der Waals surface area contributed by atoms with Gasteiger partial charge in [0.05, 0.1) is 0 Å². The third kappa shape index (κ3) is 16.1. The molecule has 0 atom stereocenters. The van der Waals surface area contributed by atoms with Crippen LogP contribution in [0.15, 0.2) is 0 Å². The molecular weight excluding hydrogens is 167 g/mol. The van der Waals surface area contributed by atoms with E-state index in [1.165, 1.54) is 0 Å². The minimum absolute atomic E-state index is 0.387. The fourth-order valence-electron chi connectivity index (χ4n) is 0. The van der Waals surface area contributed by atoms with E-state index < -0.39 is 0 Å². The van der Waals surface area contributed by atoms with E-state index in [9.17, 15) is 0 Å². The fraction of sp³-hybridized carbons (Fsp3) is 0.500. The van der Waals surface area contributed by atoms with Crippen molar-refractivity contribution < 1.29 is 5.11 Å². The molecule has 2 heteroatoms. The molecule has 0 fully saturated rings. The van der Waals surface area contributed by atoms with E-state index in [0.717, 1.165) is 0 Å². The summed E-state index contributed by atoms with van der Waals surface area (Å²) in [4.78, 5) is 0. The van der Waals surface area contributed by atoms with Gasteiger partial charge in [-0.2, -0.15) is 0 Å². The first kappa shape index (κ1) is 4.69. The number of aliphatic hydroxyl groups excluding tert-OH is 1. The van der Waals surface area contributed by atoms with Crippen LogP contribution < -0.4 is 0 Å². The Morgan fingerprint density at radius 2 is 2.00 bits per heavy atom. The first-order valence-corrected chi connectivity index (χ1v) is 1.99. The average Bonchev–Trinajstić information content (AvgIpc) is 0.811. The summed E-state index contributed by atoms with van der Waals surface area (Å²) in [5.41, 5.74) is 0. The molecule has 0 bridgehead atoms. The van der Waals surface area contributed by atoms with E-state index in [1.54, 1.807) is 6.92 Å². The number of hydrogen-bond acceptors (Lipinski definition) is 1. The van der Waals surface area contributed by atoms with Crippen molar-refractivity contribution in [1.82, 2.24) is 0 Å². The molecule has 4 heavy (non-hydrogen) atoms. The van der Waals surface area contributed by atoms with E-state index in [0.29, 0.717) is 4.11 Å². The molecule has 0 heterocycles. The Bertz CT molecular complexity index is 10.8. The van der Waals surface area contributed by atoms with Crippen LogP contribution in [0.25, 0.3) is 0 Å². The zero-order valence-corrected chi connectivity index (χ0v) is 4.48. The molecule has 0 aromatic carbocycles. The Kier molecular flexibility index (Phi) is 2.30. The predicted molar refractivity (Wildman–Crippen MR) is 24.9 cm³/mol. The molecule has 0 aliphatic carbocycles. The van der Waals surface area contributed by atoms with Crippen molar-refractivity contribution in [1.29, 1.82) is 0 Å². The van der Waals surface area contributed by atoms with Crippen molar-refractivity contribution in [2.24, 2.45) is 0 Å². The van der Waals surface area contributed by atoms with E-state index in [-0.39, 0.29) is 0 Å². The zero-order valence-electron chi connectivity index (χ0n) is 2.33. The first-order valence-electron chi connectivity index (χ1n) is 0.913. The van der Waals surface area contributed by atoms with Gasteiger partial charge in [-0.15, -0.1) is 0 Å². The van der Waals surface area contributed by atoms with E-state index in [4.69, 9.17) is 5.11 Å². The Morgan fingerprint density at radius 3 is 2.00 bits per heavy atom. The summed E-state index contributed by atoms with van der Waals surface area (Å²) in [6, 6.07) is 0. The molecule has 0 amide bonds. The van der Waals surface area contributed by atoms with Crippen LogP contribution in [0.2, 0.25) is 0 Å². The summed E-state index contributed by atoms with van der Waals surface area (Å²) in [6.07, 6.45) is 0. The topological polar surface area (TPSA) is 20.2 Å². The third-order valence-electron chi connectivity index (χ3n) is 0. The summed E-state index contributed by atoms with van der Waals surface area (Å²) in [6.45, 7) is 1.63. The largest absolute Gasteiger partial charge is 0.376 e. The van der Waals surface area contributed by atoms with Crippen LogP contribution in [0.3, 0.4) is 0 Å². The number of aliphatic hydroxyl groups is 1. The first-order chi connectivity index (χ1) is 1.73. The summed E-state index contributed by atoms with van der Waals surface area (Å²) < 4.78 is 0.387. The summed E-state index contributed by atoms with van der Waals surface area (Å²) >= 11 is 1.82. The van der Waals surface area contributed by atoms with Gasteiger partial charge in [0.25, 0.3) is 0 Å². The van der Waals surface area contributed by atoms with Gasteiger partial charge in [0.15, 0.2) is 0 Å². The third-order valence-corrected chi connectivity index (χ3v) is 0. The minimum atomic E-state index is 0.387. The number of hydrogen-bond donors (Lipinski definition) is 1. The van der Waals surface area contributed by atoms with Gasteiger partial charge in [-0.1, -0.05) is 0 Å². The van der Waals surface area contributed by atoms with Gasteiger partial charge in [-0.25, -0.2) is 0 Å². The lowest BCUT2D eigenvalue weighted by molar-refractivity contribution is 0.391. The van der Waals surface area contributed by atoms with Crippen molar-refractivity contribution >= 4 is 22.6 Å². The maximum absolute atomic E-state index is 7.96. The smallest absolute Gasteiger partial charge is 0.150 e. The van der Waals surface area contributed by atoms with Gasteiger partial charge in [-0.05, 0) is 29.5 Å². The van der Waals surface area contributed by atoms with Gasteiger partial charge in [-0.3, -0.25) is 0 Å². The molecule has 1 N–H and O–H groups in total. The van der Waals surface area contributed by atoms with Crippen molar-refractivity contribution in [3.63, 3.8) is 0 Å². The second kappa shape index (κ2) is 1.96. The van der Waals surface area contributed by atoms with Gasteiger partial charge in [0.1, 0.15) is 4.11 Å². The fourth-order valence-corrected chi connectivity index (χ4v) is 0. The van der Waals surface area contributed by atoms with Gasteiger partial charge in [0, 0.05) is 0 Å². The van der Waals surface area contributed by atoms with Crippen molar-refractivity contribution in [2.75, 3.05) is 0 Å². The van der Waals surface area contributed by atoms with Crippen LogP contribution in [-0.2, 0) is 0 Å². The molecule has 0 saturated heterocycles. The minimum Gasteiger partial charge on any atom is -0.376 e. The highest BCUT2D eigenvalue weighted by molar-refractivity contribution is 14.1. The average molecular weight is 171 g/mol. The van der Waals surface area contributed by atoms with Crippen LogP contribution in [-0.4, -0.2) is 5.11 Å². The SMILES string of the molecule is C[C](O)I. The Labute approximate surface area is 39.2 Å². The van der Waals surface area contributed by atoms with E-state index in [2.05, 4.69) is 0 Å². The molecule has 0 unspecified atom stereocenters. The molecule has 0 saturated carbocycles. The van der Waals surface area contributed by atoms with Gasteiger partial charge < -0.3 is 5.11 Å². The maximum Gasteiger partial charge on any atom is 0.150 e. The second-order valence-electron chi connectivity index (χ2n) is 0.497.